The van der Waals surface area contributed by atoms with E-state index in [-0.39, 0.29) is 18.5 Å². The van der Waals surface area contributed by atoms with Crippen molar-refractivity contribution in [2.45, 2.75) is 57.7 Å². The molecular formula is C25H31Cl2N3O4S. The number of carbonyl (C=O) groups excluding carboxylic acids is 2. The second-order valence-corrected chi connectivity index (χ2v) is 11.6. The molecule has 1 N–H and O–H groups in total. The Morgan fingerprint density at radius 2 is 1.66 bits per heavy atom. The molecule has 3 rings (SSSR count). The van der Waals surface area contributed by atoms with E-state index in [1.807, 2.05) is 0 Å². The van der Waals surface area contributed by atoms with Crippen molar-refractivity contribution in [2.24, 2.45) is 0 Å². The second kappa shape index (κ2) is 12.1. The summed E-state index contributed by atoms with van der Waals surface area (Å²) in [5, 5.41) is 3.97. The summed E-state index contributed by atoms with van der Waals surface area (Å²) in [5.41, 5.74) is 0.972. The van der Waals surface area contributed by atoms with Crippen molar-refractivity contribution in [3.63, 3.8) is 0 Å². The molecule has 1 aliphatic rings. The summed E-state index contributed by atoms with van der Waals surface area (Å²) in [6, 6.07) is 12.5. The zero-order valence-electron chi connectivity index (χ0n) is 19.9. The van der Waals surface area contributed by atoms with Gasteiger partial charge in [0.15, 0.2) is 0 Å². The first-order valence-electron chi connectivity index (χ1n) is 11.6. The quantitative estimate of drug-likeness (QED) is 0.503. The lowest BCUT2D eigenvalue weighted by Gasteiger charge is -2.33. The number of rotatable bonds is 9. The van der Waals surface area contributed by atoms with Gasteiger partial charge in [-0.25, -0.2) is 8.42 Å². The van der Waals surface area contributed by atoms with E-state index < -0.39 is 28.5 Å². The Bertz CT molecular complexity index is 1140. The molecule has 1 fully saturated rings. The molecule has 0 aliphatic heterocycles. The lowest BCUT2D eigenvalue weighted by molar-refractivity contribution is -0.139. The van der Waals surface area contributed by atoms with Crippen LogP contribution in [0.2, 0.25) is 10.0 Å². The monoisotopic (exact) mass is 539 g/mol. The lowest BCUT2D eigenvalue weighted by atomic mass is 9.95. The fourth-order valence-electron chi connectivity index (χ4n) is 4.18. The maximum atomic E-state index is 13.6. The zero-order valence-corrected chi connectivity index (χ0v) is 22.2. The molecule has 2 amide bonds. The van der Waals surface area contributed by atoms with Crippen LogP contribution in [-0.2, 0) is 26.2 Å². The average Bonchev–Trinajstić information content (AvgIpc) is 2.82. The highest BCUT2D eigenvalue weighted by Crippen LogP contribution is 2.23. The fourth-order valence-corrected chi connectivity index (χ4v) is 5.35. The molecule has 35 heavy (non-hydrogen) atoms. The van der Waals surface area contributed by atoms with Crippen LogP contribution in [0, 0.1) is 0 Å². The third kappa shape index (κ3) is 7.59. The van der Waals surface area contributed by atoms with E-state index in [0.717, 1.165) is 42.7 Å². The molecule has 0 aromatic heterocycles. The molecular weight excluding hydrogens is 509 g/mol. The van der Waals surface area contributed by atoms with Crippen molar-refractivity contribution in [1.29, 1.82) is 0 Å². The Hall–Kier alpha value is -2.29. The molecule has 1 saturated carbocycles. The summed E-state index contributed by atoms with van der Waals surface area (Å²) in [6.07, 6.45) is 6.14. The van der Waals surface area contributed by atoms with Crippen molar-refractivity contribution >= 4 is 50.7 Å². The van der Waals surface area contributed by atoms with Crippen LogP contribution in [0.1, 0.15) is 44.6 Å². The first kappa shape index (κ1) is 27.3. The van der Waals surface area contributed by atoms with Gasteiger partial charge >= 0.3 is 0 Å². The Balaban J connectivity index is 1.87. The van der Waals surface area contributed by atoms with Gasteiger partial charge in [0.25, 0.3) is 0 Å². The minimum atomic E-state index is -3.79. The van der Waals surface area contributed by atoms with Crippen LogP contribution < -0.4 is 9.62 Å². The van der Waals surface area contributed by atoms with Gasteiger partial charge in [-0.15, -0.1) is 0 Å². The first-order chi connectivity index (χ1) is 16.6. The number of nitrogens with one attached hydrogen (secondary N) is 1. The molecule has 0 unspecified atom stereocenters. The highest BCUT2D eigenvalue weighted by Gasteiger charge is 2.31. The van der Waals surface area contributed by atoms with Crippen LogP contribution >= 0.6 is 23.2 Å². The summed E-state index contributed by atoms with van der Waals surface area (Å²) in [7, 11) is -3.79. The third-order valence-electron chi connectivity index (χ3n) is 6.21. The van der Waals surface area contributed by atoms with Crippen molar-refractivity contribution < 1.29 is 18.0 Å². The predicted octanol–water partition coefficient (Wildman–Crippen LogP) is 4.63. The Morgan fingerprint density at radius 1 is 1.03 bits per heavy atom. The summed E-state index contributed by atoms with van der Waals surface area (Å²) in [5.74, 6) is -0.786. The van der Waals surface area contributed by atoms with Crippen LogP contribution in [0.15, 0.2) is 48.5 Å². The Morgan fingerprint density at radius 3 is 2.26 bits per heavy atom. The number of halogens is 2. The molecule has 0 radical (unpaired) electrons. The van der Waals surface area contributed by atoms with E-state index >= 15 is 0 Å². The Kier molecular flexibility index (Phi) is 9.44. The van der Waals surface area contributed by atoms with Crippen LogP contribution in [-0.4, -0.2) is 50.0 Å². The summed E-state index contributed by atoms with van der Waals surface area (Å²) in [6.45, 7) is 1.25. The third-order valence-corrected chi connectivity index (χ3v) is 7.97. The van der Waals surface area contributed by atoms with Gasteiger partial charge in [0, 0.05) is 22.6 Å². The van der Waals surface area contributed by atoms with E-state index in [4.69, 9.17) is 23.2 Å². The minimum absolute atomic E-state index is 0.0655. The van der Waals surface area contributed by atoms with Crippen LogP contribution in [0.3, 0.4) is 0 Å². The van der Waals surface area contributed by atoms with Crippen molar-refractivity contribution in [2.75, 3.05) is 17.1 Å². The van der Waals surface area contributed by atoms with Gasteiger partial charge in [-0.05, 0) is 55.7 Å². The average molecular weight is 541 g/mol. The largest absolute Gasteiger partial charge is 0.352 e. The summed E-state index contributed by atoms with van der Waals surface area (Å²) in [4.78, 5) is 28.1. The molecule has 0 bridgehead atoms. The molecule has 2 aromatic carbocycles. The number of amides is 2. The smallest absolute Gasteiger partial charge is 0.244 e. The number of anilines is 1. The Labute approximate surface area is 217 Å². The topological polar surface area (TPSA) is 86.8 Å². The number of nitrogens with zero attached hydrogens (tertiary/aromatic N) is 2. The van der Waals surface area contributed by atoms with E-state index in [1.54, 1.807) is 43.3 Å². The molecule has 2 aromatic rings. The van der Waals surface area contributed by atoms with Crippen LogP contribution in [0.5, 0.6) is 0 Å². The van der Waals surface area contributed by atoms with Crippen LogP contribution in [0.25, 0.3) is 0 Å². The molecule has 0 spiro atoms. The number of hydrogen-bond acceptors (Lipinski definition) is 4. The normalized spacial score (nSPS) is 15.3. The van der Waals surface area contributed by atoms with Gasteiger partial charge < -0.3 is 10.2 Å². The van der Waals surface area contributed by atoms with E-state index in [1.165, 1.54) is 17.0 Å². The molecule has 10 heteroatoms. The van der Waals surface area contributed by atoms with Crippen LogP contribution in [0.4, 0.5) is 5.69 Å². The lowest BCUT2D eigenvalue weighted by Crippen LogP contribution is -2.53. The van der Waals surface area contributed by atoms with E-state index in [2.05, 4.69) is 5.32 Å². The predicted molar refractivity (Wildman–Crippen MR) is 140 cm³/mol. The number of sulfonamides is 1. The summed E-state index contributed by atoms with van der Waals surface area (Å²) < 4.78 is 26.2. The maximum absolute atomic E-state index is 13.6. The highest BCUT2D eigenvalue weighted by atomic mass is 35.5. The molecule has 1 atom stereocenters. The van der Waals surface area contributed by atoms with Crippen molar-refractivity contribution in [3.05, 3.63) is 64.1 Å². The number of benzene rings is 2. The van der Waals surface area contributed by atoms with Crippen molar-refractivity contribution in [1.82, 2.24) is 10.2 Å². The molecule has 190 valence electrons. The fraction of sp³-hybridized carbons (Fsp3) is 0.440. The highest BCUT2D eigenvalue weighted by molar-refractivity contribution is 7.92. The zero-order chi connectivity index (χ0) is 25.6. The van der Waals surface area contributed by atoms with E-state index in [9.17, 15) is 18.0 Å². The minimum Gasteiger partial charge on any atom is -0.352 e. The van der Waals surface area contributed by atoms with E-state index in [0.29, 0.717) is 21.3 Å². The molecule has 1 aliphatic carbocycles. The standard InChI is InChI=1S/C25H31Cl2N3O4S/c1-18(25(32)28-21-9-4-3-5-10-21)29(16-19-8-6-7-11-23(19)27)24(31)17-30(35(2,33)34)22-14-12-20(26)13-15-22/h6-8,11-15,18,21H,3-5,9-10,16-17H2,1-2H3,(H,28,32)/t18-/m0/s1. The molecule has 0 heterocycles. The first-order valence-corrected chi connectivity index (χ1v) is 14.2. The van der Waals surface area contributed by atoms with Gasteiger partial charge in [-0.1, -0.05) is 60.7 Å². The van der Waals surface area contributed by atoms with Gasteiger partial charge in [0.05, 0.1) is 11.9 Å². The number of carbonyl (C=O) groups is 2. The van der Waals surface area contributed by atoms with Crippen molar-refractivity contribution in [3.8, 4) is 0 Å². The SMILES string of the molecule is C[C@@H](C(=O)NC1CCCCC1)N(Cc1ccccc1Cl)C(=O)CN(c1ccc(Cl)cc1)S(C)(=O)=O. The van der Waals surface area contributed by atoms with Gasteiger partial charge in [-0.2, -0.15) is 0 Å². The summed E-state index contributed by atoms with van der Waals surface area (Å²) >= 11 is 12.3. The molecule has 7 nitrogen and oxygen atoms in total. The van der Waals surface area contributed by atoms with Gasteiger partial charge in [0.2, 0.25) is 21.8 Å². The number of hydrogen-bond donors (Lipinski definition) is 1. The maximum Gasteiger partial charge on any atom is 0.244 e. The second-order valence-electron chi connectivity index (χ2n) is 8.88. The molecule has 0 saturated heterocycles. The van der Waals surface area contributed by atoms with Gasteiger partial charge in [0.1, 0.15) is 12.6 Å². The van der Waals surface area contributed by atoms with Gasteiger partial charge in [-0.3, -0.25) is 13.9 Å².